The summed E-state index contributed by atoms with van der Waals surface area (Å²) in [6.45, 7) is 0. The van der Waals surface area contributed by atoms with Gasteiger partial charge in [-0.25, -0.2) is 0 Å². The van der Waals surface area contributed by atoms with Gasteiger partial charge in [-0.2, -0.15) is 0 Å². The van der Waals surface area contributed by atoms with Gasteiger partial charge in [-0.05, 0) is 129 Å². The maximum absolute atomic E-state index is 5.62. The average molecular weight is 743 g/mol. The minimum atomic E-state index is -1.04. The number of hydrogen-bond acceptors (Lipinski definition) is 4. The third-order valence-electron chi connectivity index (χ3n) is 9.87. The normalized spacial score (nSPS) is 11.3. The highest BCUT2D eigenvalue weighted by Crippen LogP contribution is 2.46. The fourth-order valence-electron chi connectivity index (χ4n) is 7.20. The van der Waals surface area contributed by atoms with Crippen molar-refractivity contribution in [3.8, 4) is 34.1 Å². The monoisotopic (exact) mass is 742 g/mol. The van der Waals surface area contributed by atoms with Gasteiger partial charge in [0.15, 0.2) is 0 Å². The zero-order valence-electron chi connectivity index (χ0n) is 30.7. The van der Waals surface area contributed by atoms with Crippen molar-refractivity contribution in [1.82, 2.24) is 0 Å². The van der Waals surface area contributed by atoms with Gasteiger partial charge in [0.1, 0.15) is 23.0 Å². The summed E-state index contributed by atoms with van der Waals surface area (Å²) in [5.41, 5.74) is 2.51. The molecule has 0 spiro atoms. The molecule has 0 saturated heterocycles. The van der Waals surface area contributed by atoms with Crippen molar-refractivity contribution < 1.29 is 18.9 Å². The molecule has 8 aromatic rings. The largest absolute Gasteiger partial charge is 0.497 e. The topological polar surface area (TPSA) is 36.9 Å². The van der Waals surface area contributed by atoms with Gasteiger partial charge in [-0.3, -0.25) is 0 Å². The van der Waals surface area contributed by atoms with Crippen LogP contribution in [0.25, 0.3) is 32.7 Å². The summed E-state index contributed by atoms with van der Waals surface area (Å²) < 4.78 is 22.5. The van der Waals surface area contributed by atoms with E-state index in [4.69, 9.17) is 18.9 Å². The number of benzene rings is 8. The second-order valence-electron chi connectivity index (χ2n) is 12.8. The van der Waals surface area contributed by atoms with Crippen molar-refractivity contribution in [3.05, 3.63) is 170 Å². The number of methoxy groups -OCH3 is 4. The van der Waals surface area contributed by atoms with Crippen LogP contribution in [-0.4, -0.2) is 28.4 Å². The molecule has 0 saturated carbocycles. The van der Waals surface area contributed by atoms with Crippen LogP contribution in [0.3, 0.4) is 0 Å². The predicted octanol–water partition coefficient (Wildman–Crippen LogP) is 9.21. The summed E-state index contributed by atoms with van der Waals surface area (Å²) in [6.07, 6.45) is 0. The molecule has 0 aliphatic heterocycles. The number of hydrogen-bond donors (Lipinski definition) is 0. The van der Waals surface area contributed by atoms with Gasteiger partial charge in [-0.15, -0.1) is 0 Å². The van der Waals surface area contributed by atoms with Crippen molar-refractivity contribution in [3.63, 3.8) is 0 Å². The zero-order chi connectivity index (χ0) is 37.0. The number of rotatable bonds is 11. The highest BCUT2D eigenvalue weighted by atomic mass is 31.1. The lowest BCUT2D eigenvalue weighted by Gasteiger charge is -2.28. The summed E-state index contributed by atoms with van der Waals surface area (Å²) in [5, 5.41) is 12.4. The third kappa shape index (κ3) is 6.80. The Bertz CT molecular complexity index is 2260. The van der Waals surface area contributed by atoms with Gasteiger partial charge in [0, 0.05) is 0 Å². The standard InChI is InChI=1S/C48H40O4P2/c1-49-35-15-23-39(24-16-35)53(40-25-17-36(50-2)18-26-40)45-31-13-33-9-5-7-11-43(33)47(45)48-44-12-8-6-10-34(44)14-32-46(48)54(41-27-19-37(51-3)20-28-41)42-29-21-38(52-4)22-30-42/h5-32H,1-4H3. The van der Waals surface area contributed by atoms with Crippen LogP contribution in [0.1, 0.15) is 0 Å². The molecule has 0 radical (unpaired) electrons. The van der Waals surface area contributed by atoms with Gasteiger partial charge < -0.3 is 18.9 Å². The van der Waals surface area contributed by atoms with Crippen LogP contribution in [-0.2, 0) is 0 Å². The highest BCUT2D eigenvalue weighted by Gasteiger charge is 2.28. The molecule has 0 aromatic heterocycles. The molecule has 0 amide bonds. The summed E-state index contributed by atoms with van der Waals surface area (Å²) in [6, 6.07) is 61.3. The summed E-state index contributed by atoms with van der Waals surface area (Å²) in [5.74, 6) is 3.34. The van der Waals surface area contributed by atoms with E-state index in [1.165, 1.54) is 64.5 Å². The first-order valence-electron chi connectivity index (χ1n) is 17.8. The van der Waals surface area contributed by atoms with E-state index in [1.54, 1.807) is 28.4 Å². The van der Waals surface area contributed by atoms with Crippen LogP contribution in [0, 0.1) is 0 Å². The van der Waals surface area contributed by atoms with Crippen LogP contribution in [0.5, 0.6) is 23.0 Å². The van der Waals surface area contributed by atoms with E-state index >= 15 is 0 Å². The van der Waals surface area contributed by atoms with E-state index in [2.05, 4.69) is 170 Å². The van der Waals surface area contributed by atoms with Crippen molar-refractivity contribution in [2.75, 3.05) is 28.4 Å². The van der Waals surface area contributed by atoms with Crippen LogP contribution in [0.2, 0.25) is 0 Å². The lowest BCUT2D eigenvalue weighted by atomic mass is 9.93. The molecule has 0 heterocycles. The summed E-state index contributed by atoms with van der Waals surface area (Å²) in [7, 11) is 4.78. The van der Waals surface area contributed by atoms with Crippen LogP contribution >= 0.6 is 15.8 Å². The van der Waals surface area contributed by atoms with E-state index in [0.717, 1.165) is 23.0 Å². The molecule has 0 aliphatic carbocycles. The lowest BCUT2D eigenvalue weighted by Crippen LogP contribution is -2.26. The smallest absolute Gasteiger partial charge is 0.118 e. The van der Waals surface area contributed by atoms with E-state index < -0.39 is 15.8 Å². The Balaban J connectivity index is 1.49. The molecule has 54 heavy (non-hydrogen) atoms. The molecule has 266 valence electrons. The molecule has 8 rings (SSSR count). The Kier molecular flexibility index (Phi) is 10.3. The molecular weight excluding hydrogens is 702 g/mol. The maximum atomic E-state index is 5.62. The van der Waals surface area contributed by atoms with Gasteiger partial charge in [-0.1, -0.05) is 121 Å². The van der Waals surface area contributed by atoms with Gasteiger partial charge >= 0.3 is 0 Å². The molecule has 8 aromatic carbocycles. The quantitative estimate of drug-likeness (QED) is 0.124. The molecule has 0 N–H and O–H groups in total. The van der Waals surface area contributed by atoms with Crippen molar-refractivity contribution in [2.45, 2.75) is 0 Å². The van der Waals surface area contributed by atoms with Crippen molar-refractivity contribution in [1.29, 1.82) is 0 Å². The van der Waals surface area contributed by atoms with Crippen molar-refractivity contribution in [2.24, 2.45) is 0 Å². The molecule has 0 fully saturated rings. The Morgan fingerprint density at radius 1 is 0.296 bits per heavy atom. The minimum absolute atomic E-state index is 0.836. The van der Waals surface area contributed by atoms with Crippen LogP contribution in [0.4, 0.5) is 0 Å². The number of fused-ring (bicyclic) bond motifs is 2. The third-order valence-corrected chi connectivity index (χ3v) is 14.8. The average Bonchev–Trinajstić information content (AvgIpc) is 3.24. The number of ether oxygens (including phenoxy) is 4. The Labute approximate surface area is 319 Å². The van der Waals surface area contributed by atoms with Gasteiger partial charge in [0.2, 0.25) is 0 Å². The molecule has 4 nitrogen and oxygen atoms in total. The Morgan fingerprint density at radius 3 is 0.852 bits per heavy atom. The molecule has 0 unspecified atom stereocenters. The van der Waals surface area contributed by atoms with Crippen LogP contribution < -0.4 is 50.8 Å². The predicted molar refractivity (Wildman–Crippen MR) is 231 cm³/mol. The summed E-state index contributed by atoms with van der Waals surface area (Å²) in [4.78, 5) is 0. The molecule has 0 bridgehead atoms. The summed E-state index contributed by atoms with van der Waals surface area (Å²) >= 11 is 0. The van der Waals surface area contributed by atoms with E-state index in [1.807, 2.05) is 0 Å². The fourth-order valence-corrected chi connectivity index (χ4v) is 12.1. The van der Waals surface area contributed by atoms with E-state index in [0.29, 0.717) is 0 Å². The maximum Gasteiger partial charge on any atom is 0.118 e. The first kappa shape index (κ1) is 35.4. The zero-order valence-corrected chi connectivity index (χ0v) is 32.5. The van der Waals surface area contributed by atoms with E-state index in [9.17, 15) is 0 Å². The molecule has 6 heteroatoms. The first-order chi connectivity index (χ1) is 26.6. The van der Waals surface area contributed by atoms with Crippen molar-refractivity contribution >= 4 is 69.2 Å². The Hall–Kier alpha value is -5.66. The molecule has 0 aliphatic rings. The van der Waals surface area contributed by atoms with Gasteiger partial charge in [0.25, 0.3) is 0 Å². The molecule has 0 atom stereocenters. The first-order valence-corrected chi connectivity index (χ1v) is 20.5. The van der Waals surface area contributed by atoms with Crippen LogP contribution in [0.15, 0.2) is 170 Å². The second-order valence-corrected chi connectivity index (χ2v) is 17.2. The second kappa shape index (κ2) is 15.7. The highest BCUT2D eigenvalue weighted by molar-refractivity contribution is 7.80. The lowest BCUT2D eigenvalue weighted by molar-refractivity contribution is 0.415. The molecular formula is C48H40O4P2. The van der Waals surface area contributed by atoms with Gasteiger partial charge in [0.05, 0.1) is 28.4 Å². The Morgan fingerprint density at radius 2 is 0.574 bits per heavy atom. The SMILES string of the molecule is COc1ccc(P(c2ccc(OC)cc2)c2ccc3ccccc3c2-c2c(P(c3ccc(OC)cc3)c3ccc(OC)cc3)ccc3ccccc23)cc1. The fraction of sp³-hybridized carbons (Fsp3) is 0.0833. The minimum Gasteiger partial charge on any atom is -0.497 e. The van der Waals surface area contributed by atoms with E-state index in [-0.39, 0.29) is 0 Å².